The summed E-state index contributed by atoms with van der Waals surface area (Å²) in [5.41, 5.74) is 3.27. The third-order valence-electron chi connectivity index (χ3n) is 4.32. The van der Waals surface area contributed by atoms with Crippen LogP contribution in [0, 0.1) is 0 Å². The van der Waals surface area contributed by atoms with Crippen LogP contribution in [0.5, 0.6) is 5.75 Å². The second-order valence-corrected chi connectivity index (χ2v) is 6.11. The van der Waals surface area contributed by atoms with E-state index in [-0.39, 0.29) is 12.5 Å². The number of para-hydroxylation sites is 1. The van der Waals surface area contributed by atoms with Crippen LogP contribution in [0.1, 0.15) is 42.9 Å². The molecule has 134 valence electrons. The molecule has 0 aliphatic carbocycles. The van der Waals surface area contributed by atoms with Crippen LogP contribution in [0.2, 0.25) is 0 Å². The summed E-state index contributed by atoms with van der Waals surface area (Å²) in [4.78, 5) is 12.1. The van der Waals surface area contributed by atoms with Gasteiger partial charge in [-0.05, 0) is 35.1 Å². The van der Waals surface area contributed by atoms with Gasteiger partial charge in [0.15, 0.2) is 6.61 Å². The number of rotatable bonds is 9. The number of carbonyl (C=O) groups excluding carboxylic acids is 1. The Balaban J connectivity index is 1.90. The molecular formula is C21H27NO3. The third-order valence-corrected chi connectivity index (χ3v) is 4.32. The van der Waals surface area contributed by atoms with Crippen LogP contribution in [0.4, 0.5) is 0 Å². The van der Waals surface area contributed by atoms with E-state index in [1.165, 1.54) is 0 Å². The molecule has 0 radical (unpaired) electrons. The molecule has 4 heteroatoms. The molecule has 0 aromatic heterocycles. The molecule has 2 aromatic carbocycles. The van der Waals surface area contributed by atoms with Gasteiger partial charge in [-0.15, -0.1) is 0 Å². The largest absolute Gasteiger partial charge is 0.483 e. The van der Waals surface area contributed by atoms with Crippen molar-refractivity contribution in [2.75, 3.05) is 13.7 Å². The Morgan fingerprint density at radius 2 is 1.76 bits per heavy atom. The number of methoxy groups -OCH3 is 1. The van der Waals surface area contributed by atoms with E-state index < -0.39 is 0 Å². The van der Waals surface area contributed by atoms with Gasteiger partial charge in [-0.25, -0.2) is 0 Å². The molecular weight excluding hydrogens is 314 g/mol. The molecule has 0 bridgehead atoms. The van der Waals surface area contributed by atoms with E-state index in [0.717, 1.165) is 28.9 Å². The Kier molecular flexibility index (Phi) is 7.48. The highest BCUT2D eigenvalue weighted by atomic mass is 16.5. The first-order valence-electron chi connectivity index (χ1n) is 8.69. The third kappa shape index (κ3) is 5.61. The maximum Gasteiger partial charge on any atom is 0.258 e. The van der Waals surface area contributed by atoms with Crippen molar-refractivity contribution in [3.05, 3.63) is 65.2 Å². The maximum absolute atomic E-state index is 12.1. The zero-order valence-corrected chi connectivity index (χ0v) is 15.2. The molecule has 25 heavy (non-hydrogen) atoms. The number of hydrogen-bond donors (Lipinski definition) is 1. The van der Waals surface area contributed by atoms with E-state index in [9.17, 15) is 4.79 Å². The van der Waals surface area contributed by atoms with Crippen LogP contribution in [0.25, 0.3) is 0 Å². The smallest absolute Gasteiger partial charge is 0.258 e. The molecule has 2 aromatic rings. The van der Waals surface area contributed by atoms with E-state index in [4.69, 9.17) is 9.47 Å². The van der Waals surface area contributed by atoms with Crippen molar-refractivity contribution in [2.45, 2.75) is 39.3 Å². The first kappa shape index (κ1) is 19.0. The van der Waals surface area contributed by atoms with Crippen molar-refractivity contribution in [2.24, 2.45) is 0 Å². The highest BCUT2D eigenvalue weighted by molar-refractivity contribution is 5.77. The highest BCUT2D eigenvalue weighted by Crippen LogP contribution is 2.28. The predicted octanol–water partition coefficient (Wildman–Crippen LogP) is 4.04. The highest BCUT2D eigenvalue weighted by Gasteiger charge is 2.11. The van der Waals surface area contributed by atoms with Crippen molar-refractivity contribution in [3.63, 3.8) is 0 Å². The monoisotopic (exact) mass is 341 g/mol. The minimum Gasteiger partial charge on any atom is -0.483 e. The van der Waals surface area contributed by atoms with E-state index >= 15 is 0 Å². The van der Waals surface area contributed by atoms with Gasteiger partial charge in [0.1, 0.15) is 5.75 Å². The van der Waals surface area contributed by atoms with Crippen molar-refractivity contribution >= 4 is 5.91 Å². The van der Waals surface area contributed by atoms with E-state index in [0.29, 0.717) is 19.1 Å². The fraction of sp³-hybridized carbons (Fsp3) is 0.381. The van der Waals surface area contributed by atoms with Crippen molar-refractivity contribution in [1.82, 2.24) is 5.32 Å². The van der Waals surface area contributed by atoms with E-state index in [1.54, 1.807) is 7.11 Å². The molecule has 1 N–H and O–H groups in total. The van der Waals surface area contributed by atoms with Gasteiger partial charge in [0.25, 0.3) is 5.91 Å². The Morgan fingerprint density at radius 1 is 1.08 bits per heavy atom. The van der Waals surface area contributed by atoms with Gasteiger partial charge in [0.2, 0.25) is 0 Å². The Bertz CT molecular complexity index is 684. The van der Waals surface area contributed by atoms with Crippen molar-refractivity contribution < 1.29 is 14.3 Å². The molecule has 1 amide bonds. The zero-order chi connectivity index (χ0) is 18.1. The normalized spacial score (nSPS) is 11.8. The Hall–Kier alpha value is -2.33. The summed E-state index contributed by atoms with van der Waals surface area (Å²) in [7, 11) is 1.66. The first-order chi connectivity index (χ1) is 12.2. The van der Waals surface area contributed by atoms with Crippen molar-refractivity contribution in [3.8, 4) is 5.75 Å². The van der Waals surface area contributed by atoms with Crippen LogP contribution in [0.3, 0.4) is 0 Å². The summed E-state index contributed by atoms with van der Waals surface area (Å²) >= 11 is 0. The second kappa shape index (κ2) is 9.84. The Labute approximate surface area is 150 Å². The van der Waals surface area contributed by atoms with Crippen LogP contribution in [-0.4, -0.2) is 19.6 Å². The summed E-state index contributed by atoms with van der Waals surface area (Å²) in [6, 6.07) is 15.8. The lowest BCUT2D eigenvalue weighted by Gasteiger charge is -2.15. The molecule has 0 heterocycles. The van der Waals surface area contributed by atoms with Gasteiger partial charge in [0.05, 0.1) is 6.61 Å². The SMILES string of the molecule is CCC(C)c1ccccc1OCC(=O)NCc1ccccc1COC. The standard InChI is InChI=1S/C21H27NO3/c1-4-16(2)19-11-7-8-12-20(19)25-15-21(23)22-13-17-9-5-6-10-18(17)14-24-3/h5-12,16H,4,13-15H2,1-3H3,(H,22,23). The molecule has 2 rings (SSSR count). The lowest BCUT2D eigenvalue weighted by molar-refractivity contribution is -0.123. The maximum atomic E-state index is 12.1. The molecule has 1 atom stereocenters. The minimum atomic E-state index is -0.133. The summed E-state index contributed by atoms with van der Waals surface area (Å²) in [5.74, 6) is 1.05. The fourth-order valence-electron chi connectivity index (χ4n) is 2.65. The topological polar surface area (TPSA) is 47.6 Å². The van der Waals surface area contributed by atoms with Gasteiger partial charge in [-0.2, -0.15) is 0 Å². The quantitative estimate of drug-likeness (QED) is 0.749. The molecule has 4 nitrogen and oxygen atoms in total. The minimum absolute atomic E-state index is 0.0138. The van der Waals surface area contributed by atoms with Gasteiger partial charge in [-0.1, -0.05) is 56.3 Å². The number of amides is 1. The van der Waals surface area contributed by atoms with Gasteiger partial charge < -0.3 is 14.8 Å². The lowest BCUT2D eigenvalue weighted by atomic mass is 9.98. The van der Waals surface area contributed by atoms with Crippen LogP contribution < -0.4 is 10.1 Å². The van der Waals surface area contributed by atoms with Crippen molar-refractivity contribution in [1.29, 1.82) is 0 Å². The molecule has 0 saturated heterocycles. The van der Waals surface area contributed by atoms with E-state index in [2.05, 4.69) is 25.2 Å². The molecule has 0 aliphatic rings. The first-order valence-corrected chi connectivity index (χ1v) is 8.69. The predicted molar refractivity (Wildman–Crippen MR) is 99.6 cm³/mol. The summed E-state index contributed by atoms with van der Waals surface area (Å²) in [6.45, 7) is 5.32. The number of hydrogen-bond acceptors (Lipinski definition) is 3. The number of benzene rings is 2. The fourth-order valence-corrected chi connectivity index (χ4v) is 2.65. The molecule has 0 saturated carbocycles. The summed E-state index contributed by atoms with van der Waals surface area (Å²) < 4.78 is 10.9. The number of nitrogens with one attached hydrogen (secondary N) is 1. The van der Waals surface area contributed by atoms with Crippen LogP contribution in [0.15, 0.2) is 48.5 Å². The van der Waals surface area contributed by atoms with Gasteiger partial charge >= 0.3 is 0 Å². The lowest BCUT2D eigenvalue weighted by Crippen LogP contribution is -2.29. The second-order valence-electron chi connectivity index (χ2n) is 6.11. The number of carbonyl (C=O) groups is 1. The molecule has 0 aliphatic heterocycles. The summed E-state index contributed by atoms with van der Waals surface area (Å²) in [6.07, 6.45) is 1.03. The average Bonchev–Trinajstić information content (AvgIpc) is 2.65. The van der Waals surface area contributed by atoms with Crippen LogP contribution in [-0.2, 0) is 22.7 Å². The average molecular weight is 341 g/mol. The molecule has 0 fully saturated rings. The van der Waals surface area contributed by atoms with Gasteiger partial charge in [0, 0.05) is 13.7 Å². The molecule has 1 unspecified atom stereocenters. The Morgan fingerprint density at radius 3 is 2.48 bits per heavy atom. The zero-order valence-electron chi connectivity index (χ0n) is 15.2. The number of ether oxygens (including phenoxy) is 2. The van der Waals surface area contributed by atoms with E-state index in [1.807, 2.05) is 42.5 Å². The van der Waals surface area contributed by atoms with Gasteiger partial charge in [-0.3, -0.25) is 4.79 Å². The van der Waals surface area contributed by atoms with Crippen LogP contribution >= 0.6 is 0 Å². The summed E-state index contributed by atoms with van der Waals surface area (Å²) in [5, 5.41) is 2.91. The molecule has 0 spiro atoms.